The lowest BCUT2D eigenvalue weighted by Gasteiger charge is -2.26. The van der Waals surface area contributed by atoms with Gasteiger partial charge in [-0.25, -0.2) is 0 Å². The summed E-state index contributed by atoms with van der Waals surface area (Å²) in [5, 5.41) is 3.33. The van der Waals surface area contributed by atoms with Crippen molar-refractivity contribution >= 4 is 0 Å². The van der Waals surface area contributed by atoms with E-state index >= 15 is 0 Å². The summed E-state index contributed by atoms with van der Waals surface area (Å²) in [5.41, 5.74) is 0.953. The standard InChI is InChI=1S/C15H20F3NO/c1-3-19-14(13-5-4-8-20-13)12-7-6-11(9-10(12)2)15(16,17)18/h6-7,9,13-14,19H,3-5,8H2,1-2H3. The summed E-state index contributed by atoms with van der Waals surface area (Å²) in [5.74, 6) is 0. The molecule has 0 spiro atoms. The molecule has 1 fully saturated rings. The Morgan fingerprint density at radius 3 is 2.65 bits per heavy atom. The van der Waals surface area contributed by atoms with Gasteiger partial charge in [-0.05, 0) is 49.6 Å². The van der Waals surface area contributed by atoms with E-state index in [1.54, 1.807) is 13.0 Å². The van der Waals surface area contributed by atoms with E-state index < -0.39 is 11.7 Å². The Hall–Kier alpha value is -1.07. The first-order chi connectivity index (χ1) is 9.43. The molecule has 1 N–H and O–H groups in total. The smallest absolute Gasteiger partial charge is 0.376 e. The summed E-state index contributed by atoms with van der Waals surface area (Å²) in [6.45, 7) is 5.20. The van der Waals surface area contributed by atoms with Gasteiger partial charge in [0.15, 0.2) is 0 Å². The molecule has 0 radical (unpaired) electrons. The van der Waals surface area contributed by atoms with E-state index in [9.17, 15) is 13.2 Å². The number of aryl methyl sites for hydroxylation is 1. The molecule has 0 saturated carbocycles. The monoisotopic (exact) mass is 287 g/mol. The fourth-order valence-electron chi connectivity index (χ4n) is 2.73. The number of halogens is 3. The lowest BCUT2D eigenvalue weighted by molar-refractivity contribution is -0.137. The number of benzene rings is 1. The molecule has 112 valence electrons. The molecule has 20 heavy (non-hydrogen) atoms. The van der Waals surface area contributed by atoms with Crippen molar-refractivity contribution in [1.82, 2.24) is 5.32 Å². The van der Waals surface area contributed by atoms with E-state index in [0.29, 0.717) is 5.56 Å². The highest BCUT2D eigenvalue weighted by Gasteiger charge is 2.32. The topological polar surface area (TPSA) is 21.3 Å². The van der Waals surface area contributed by atoms with Crippen molar-refractivity contribution in [2.45, 2.75) is 45.0 Å². The highest BCUT2D eigenvalue weighted by atomic mass is 19.4. The Morgan fingerprint density at radius 1 is 1.40 bits per heavy atom. The summed E-state index contributed by atoms with van der Waals surface area (Å²) in [6, 6.07) is 3.91. The molecule has 0 aliphatic carbocycles. The number of hydrogen-bond acceptors (Lipinski definition) is 2. The van der Waals surface area contributed by atoms with Crippen LogP contribution in [0.2, 0.25) is 0 Å². The molecule has 0 bridgehead atoms. The largest absolute Gasteiger partial charge is 0.416 e. The van der Waals surface area contributed by atoms with E-state index in [0.717, 1.165) is 37.6 Å². The van der Waals surface area contributed by atoms with E-state index in [2.05, 4.69) is 5.32 Å². The molecule has 0 aromatic heterocycles. The molecule has 2 rings (SSSR count). The first-order valence-corrected chi connectivity index (χ1v) is 6.96. The van der Waals surface area contributed by atoms with Gasteiger partial charge in [0, 0.05) is 6.61 Å². The highest BCUT2D eigenvalue weighted by molar-refractivity contribution is 5.35. The zero-order valence-corrected chi connectivity index (χ0v) is 11.8. The molecule has 2 unspecified atom stereocenters. The van der Waals surface area contributed by atoms with Gasteiger partial charge in [0.2, 0.25) is 0 Å². The molecule has 0 amide bonds. The van der Waals surface area contributed by atoms with Crippen molar-refractivity contribution in [3.8, 4) is 0 Å². The van der Waals surface area contributed by atoms with Crippen LogP contribution in [0.5, 0.6) is 0 Å². The fraction of sp³-hybridized carbons (Fsp3) is 0.600. The maximum Gasteiger partial charge on any atom is 0.416 e. The van der Waals surface area contributed by atoms with Crippen LogP contribution in [-0.2, 0) is 10.9 Å². The van der Waals surface area contributed by atoms with E-state index in [1.807, 2.05) is 6.92 Å². The first kappa shape index (κ1) is 15.3. The summed E-state index contributed by atoms with van der Waals surface area (Å²) in [6.07, 6.45) is -2.30. The number of alkyl halides is 3. The number of likely N-dealkylation sites (N-methyl/N-ethyl adjacent to an activating group) is 1. The summed E-state index contributed by atoms with van der Waals surface area (Å²) in [4.78, 5) is 0. The van der Waals surface area contributed by atoms with Crippen LogP contribution in [0.25, 0.3) is 0 Å². The second kappa shape index (κ2) is 6.14. The van der Waals surface area contributed by atoms with Gasteiger partial charge in [0.05, 0.1) is 17.7 Å². The minimum absolute atomic E-state index is 0.0372. The van der Waals surface area contributed by atoms with Gasteiger partial charge in [0.25, 0.3) is 0 Å². The molecule has 1 aromatic rings. The summed E-state index contributed by atoms with van der Waals surface area (Å²) >= 11 is 0. The van der Waals surface area contributed by atoms with Gasteiger partial charge in [-0.1, -0.05) is 13.0 Å². The summed E-state index contributed by atoms with van der Waals surface area (Å²) < 4.78 is 43.8. The highest BCUT2D eigenvalue weighted by Crippen LogP contribution is 2.34. The van der Waals surface area contributed by atoms with Crippen molar-refractivity contribution in [3.63, 3.8) is 0 Å². The number of ether oxygens (including phenoxy) is 1. The van der Waals surface area contributed by atoms with E-state index in [1.165, 1.54) is 6.07 Å². The average molecular weight is 287 g/mol. The molecule has 1 aliphatic rings. The van der Waals surface area contributed by atoms with Crippen molar-refractivity contribution in [2.24, 2.45) is 0 Å². The third-order valence-electron chi connectivity index (χ3n) is 3.69. The quantitative estimate of drug-likeness (QED) is 0.908. The first-order valence-electron chi connectivity index (χ1n) is 6.96. The van der Waals surface area contributed by atoms with Crippen LogP contribution < -0.4 is 5.32 Å². The molecule has 1 heterocycles. The number of nitrogens with one attached hydrogen (secondary N) is 1. The minimum atomic E-state index is -4.29. The molecule has 2 atom stereocenters. The molecule has 1 saturated heterocycles. The lowest BCUT2D eigenvalue weighted by atomic mass is 9.94. The predicted molar refractivity (Wildman–Crippen MR) is 71.6 cm³/mol. The Bertz CT molecular complexity index is 453. The van der Waals surface area contributed by atoms with E-state index in [4.69, 9.17) is 4.74 Å². The van der Waals surface area contributed by atoms with Crippen LogP contribution >= 0.6 is 0 Å². The Balaban J connectivity index is 2.29. The van der Waals surface area contributed by atoms with Crippen LogP contribution in [0.4, 0.5) is 13.2 Å². The normalized spacial score (nSPS) is 21.1. The fourth-order valence-corrected chi connectivity index (χ4v) is 2.73. The number of hydrogen-bond donors (Lipinski definition) is 1. The Morgan fingerprint density at radius 2 is 2.15 bits per heavy atom. The van der Waals surface area contributed by atoms with Gasteiger partial charge in [-0.15, -0.1) is 0 Å². The predicted octanol–water partition coefficient (Wildman–Crippen LogP) is 3.84. The zero-order valence-electron chi connectivity index (χ0n) is 11.8. The van der Waals surface area contributed by atoms with Gasteiger partial charge in [-0.3, -0.25) is 0 Å². The molecule has 5 heteroatoms. The summed E-state index contributed by atoms with van der Waals surface area (Å²) in [7, 11) is 0. The van der Waals surface area contributed by atoms with Crippen molar-refractivity contribution in [1.29, 1.82) is 0 Å². The van der Waals surface area contributed by atoms with Crippen LogP contribution in [-0.4, -0.2) is 19.3 Å². The van der Waals surface area contributed by atoms with Crippen molar-refractivity contribution in [2.75, 3.05) is 13.2 Å². The van der Waals surface area contributed by atoms with Gasteiger partial charge in [0.1, 0.15) is 0 Å². The Labute approximate surface area is 117 Å². The lowest BCUT2D eigenvalue weighted by Crippen LogP contribution is -2.32. The van der Waals surface area contributed by atoms with Crippen LogP contribution in [0.3, 0.4) is 0 Å². The third-order valence-corrected chi connectivity index (χ3v) is 3.69. The molecule has 2 nitrogen and oxygen atoms in total. The molecular formula is C15H20F3NO. The molecule has 1 aromatic carbocycles. The van der Waals surface area contributed by atoms with Crippen molar-refractivity contribution in [3.05, 3.63) is 34.9 Å². The maximum atomic E-state index is 12.7. The van der Waals surface area contributed by atoms with Crippen LogP contribution in [0.15, 0.2) is 18.2 Å². The third kappa shape index (κ3) is 3.33. The maximum absolute atomic E-state index is 12.7. The van der Waals surface area contributed by atoms with Crippen LogP contribution in [0, 0.1) is 6.92 Å². The second-order valence-corrected chi connectivity index (χ2v) is 5.16. The van der Waals surface area contributed by atoms with Gasteiger partial charge in [-0.2, -0.15) is 13.2 Å². The average Bonchev–Trinajstić information content (AvgIpc) is 2.89. The van der Waals surface area contributed by atoms with Crippen molar-refractivity contribution < 1.29 is 17.9 Å². The zero-order chi connectivity index (χ0) is 14.8. The van der Waals surface area contributed by atoms with Crippen LogP contribution in [0.1, 0.15) is 42.5 Å². The second-order valence-electron chi connectivity index (χ2n) is 5.16. The van der Waals surface area contributed by atoms with E-state index in [-0.39, 0.29) is 12.1 Å². The minimum Gasteiger partial charge on any atom is -0.376 e. The van der Waals surface area contributed by atoms with Gasteiger partial charge < -0.3 is 10.1 Å². The molecule has 1 aliphatic heterocycles. The van der Waals surface area contributed by atoms with Gasteiger partial charge >= 0.3 is 6.18 Å². The molecular weight excluding hydrogens is 267 g/mol. The number of rotatable bonds is 4. The Kier molecular flexibility index (Phi) is 4.70. The SMILES string of the molecule is CCNC(c1ccc(C(F)(F)F)cc1C)C1CCCO1.